The zero-order valence-electron chi connectivity index (χ0n) is 11.9. The molecule has 2 aromatic rings. The molecule has 3 N–H and O–H groups in total. The molecule has 0 bridgehead atoms. The second-order valence-corrected chi connectivity index (χ2v) is 5.28. The van der Waals surface area contributed by atoms with Gasteiger partial charge in [-0.15, -0.1) is 10.2 Å². The van der Waals surface area contributed by atoms with Crippen LogP contribution in [0.4, 0.5) is 5.69 Å². The van der Waals surface area contributed by atoms with Crippen molar-refractivity contribution in [1.82, 2.24) is 25.1 Å². The Morgan fingerprint density at radius 2 is 2.33 bits per heavy atom. The van der Waals surface area contributed by atoms with Crippen LogP contribution < -0.4 is 11.1 Å². The van der Waals surface area contributed by atoms with Crippen LogP contribution in [-0.2, 0) is 24.2 Å². The zero-order chi connectivity index (χ0) is 14.8. The van der Waals surface area contributed by atoms with Gasteiger partial charge >= 0.3 is 0 Å². The first kappa shape index (κ1) is 13.5. The van der Waals surface area contributed by atoms with E-state index >= 15 is 0 Å². The highest BCUT2D eigenvalue weighted by atomic mass is 16.1. The Hall–Kier alpha value is -2.44. The minimum atomic E-state index is -0.161. The van der Waals surface area contributed by atoms with Crippen molar-refractivity contribution >= 4 is 11.6 Å². The lowest BCUT2D eigenvalue weighted by molar-refractivity contribution is -0.121. The van der Waals surface area contributed by atoms with Crippen LogP contribution in [0, 0.1) is 0 Å². The highest BCUT2D eigenvalue weighted by molar-refractivity contribution is 5.78. The van der Waals surface area contributed by atoms with Crippen LogP contribution in [0.15, 0.2) is 18.3 Å². The molecule has 0 aliphatic carbocycles. The minimum absolute atomic E-state index is 0.0879. The standard InChI is InChI=1S/C14H18N6O/c1-9(14-19-18-12-3-2-6-20(12)14)17-13(21)7-11-5-4-10(15)8-16-11/h4-5,8-9H,2-3,6-7,15H2,1H3,(H,17,21). The number of nitrogen functional groups attached to an aromatic ring is 1. The number of rotatable bonds is 4. The lowest BCUT2D eigenvalue weighted by Gasteiger charge is -2.13. The first-order valence-electron chi connectivity index (χ1n) is 7.05. The highest BCUT2D eigenvalue weighted by Crippen LogP contribution is 2.18. The summed E-state index contributed by atoms with van der Waals surface area (Å²) in [5, 5.41) is 11.3. The molecule has 2 aromatic heterocycles. The molecule has 21 heavy (non-hydrogen) atoms. The number of nitrogens with zero attached hydrogens (tertiary/aromatic N) is 4. The van der Waals surface area contributed by atoms with Crippen LogP contribution in [0.25, 0.3) is 0 Å². The van der Waals surface area contributed by atoms with Gasteiger partial charge < -0.3 is 15.6 Å². The number of nitrogens with two attached hydrogens (primary N) is 1. The normalized spacial score (nSPS) is 14.7. The molecule has 110 valence electrons. The number of carbonyl (C=O) groups excluding carboxylic acids is 1. The van der Waals surface area contributed by atoms with E-state index in [9.17, 15) is 4.79 Å². The molecule has 7 heteroatoms. The smallest absolute Gasteiger partial charge is 0.226 e. The van der Waals surface area contributed by atoms with Crippen LogP contribution in [0.2, 0.25) is 0 Å². The van der Waals surface area contributed by atoms with Crippen molar-refractivity contribution in [3.8, 4) is 0 Å². The summed E-state index contributed by atoms with van der Waals surface area (Å²) in [7, 11) is 0. The van der Waals surface area contributed by atoms with E-state index < -0.39 is 0 Å². The number of aryl methyl sites for hydroxylation is 1. The SMILES string of the molecule is CC(NC(=O)Cc1ccc(N)cn1)c1nnc2n1CCC2. The number of anilines is 1. The summed E-state index contributed by atoms with van der Waals surface area (Å²) in [6, 6.07) is 3.34. The van der Waals surface area contributed by atoms with Gasteiger partial charge in [-0.1, -0.05) is 0 Å². The molecular formula is C14H18N6O. The first-order chi connectivity index (χ1) is 10.1. The van der Waals surface area contributed by atoms with Gasteiger partial charge in [0.2, 0.25) is 5.91 Å². The van der Waals surface area contributed by atoms with Crippen LogP contribution in [0.1, 0.15) is 36.7 Å². The predicted molar refractivity (Wildman–Crippen MR) is 77.3 cm³/mol. The van der Waals surface area contributed by atoms with Crippen LogP contribution in [0.5, 0.6) is 0 Å². The van der Waals surface area contributed by atoms with Crippen molar-refractivity contribution in [2.45, 2.75) is 38.8 Å². The van der Waals surface area contributed by atoms with Gasteiger partial charge in [0.25, 0.3) is 0 Å². The van der Waals surface area contributed by atoms with Crippen molar-refractivity contribution in [1.29, 1.82) is 0 Å². The number of aromatic nitrogens is 4. The molecule has 0 saturated carbocycles. The Bertz CT molecular complexity index is 648. The zero-order valence-corrected chi connectivity index (χ0v) is 11.9. The number of nitrogens with one attached hydrogen (secondary N) is 1. The molecule has 0 saturated heterocycles. The predicted octanol–water partition coefficient (Wildman–Crippen LogP) is 0.621. The second-order valence-electron chi connectivity index (χ2n) is 5.28. The van der Waals surface area contributed by atoms with E-state index in [1.54, 1.807) is 18.3 Å². The Kier molecular flexibility index (Phi) is 3.55. The van der Waals surface area contributed by atoms with Crippen molar-refractivity contribution < 1.29 is 4.79 Å². The lowest BCUT2D eigenvalue weighted by atomic mass is 10.2. The highest BCUT2D eigenvalue weighted by Gasteiger charge is 2.22. The van der Waals surface area contributed by atoms with E-state index in [2.05, 4.69) is 25.1 Å². The summed E-state index contributed by atoms with van der Waals surface area (Å²) in [6.45, 7) is 2.85. The number of amides is 1. The van der Waals surface area contributed by atoms with Gasteiger partial charge in [0.1, 0.15) is 5.82 Å². The molecule has 0 radical (unpaired) electrons. The second kappa shape index (κ2) is 5.51. The van der Waals surface area contributed by atoms with Crippen LogP contribution >= 0.6 is 0 Å². The summed E-state index contributed by atoms with van der Waals surface area (Å²) in [4.78, 5) is 16.2. The number of hydrogen-bond acceptors (Lipinski definition) is 5. The molecular weight excluding hydrogens is 268 g/mol. The summed E-state index contributed by atoms with van der Waals surface area (Å²) < 4.78 is 2.09. The van der Waals surface area contributed by atoms with Gasteiger partial charge in [-0.05, 0) is 25.5 Å². The fraction of sp³-hybridized carbons (Fsp3) is 0.429. The third-order valence-electron chi connectivity index (χ3n) is 3.59. The van der Waals surface area contributed by atoms with Crippen LogP contribution in [-0.4, -0.2) is 25.7 Å². The number of carbonyl (C=O) groups is 1. The Labute approximate surface area is 122 Å². The van der Waals surface area contributed by atoms with Crippen molar-refractivity contribution in [2.75, 3.05) is 5.73 Å². The third kappa shape index (κ3) is 2.86. The molecule has 1 unspecified atom stereocenters. The van der Waals surface area contributed by atoms with Gasteiger partial charge in [-0.25, -0.2) is 0 Å². The molecule has 1 aliphatic rings. The van der Waals surface area contributed by atoms with E-state index in [1.165, 1.54) is 0 Å². The van der Waals surface area contributed by atoms with Crippen molar-refractivity contribution in [3.05, 3.63) is 35.7 Å². The molecule has 7 nitrogen and oxygen atoms in total. The van der Waals surface area contributed by atoms with Crippen molar-refractivity contribution in [2.24, 2.45) is 0 Å². The number of pyridine rings is 1. The van der Waals surface area contributed by atoms with E-state index in [0.29, 0.717) is 11.4 Å². The van der Waals surface area contributed by atoms with Crippen LogP contribution in [0.3, 0.4) is 0 Å². The molecule has 1 atom stereocenters. The summed E-state index contributed by atoms with van der Waals surface area (Å²) in [6.07, 6.45) is 3.83. The molecule has 0 aromatic carbocycles. The maximum absolute atomic E-state index is 12.1. The fourth-order valence-corrected chi connectivity index (χ4v) is 2.56. The quantitative estimate of drug-likeness (QED) is 0.858. The topological polar surface area (TPSA) is 98.7 Å². The maximum Gasteiger partial charge on any atom is 0.226 e. The first-order valence-corrected chi connectivity index (χ1v) is 7.05. The molecule has 1 aliphatic heterocycles. The Morgan fingerprint density at radius 3 is 3.10 bits per heavy atom. The van der Waals surface area contributed by atoms with E-state index in [4.69, 9.17) is 5.73 Å². The fourth-order valence-electron chi connectivity index (χ4n) is 2.56. The van der Waals surface area contributed by atoms with Crippen molar-refractivity contribution in [3.63, 3.8) is 0 Å². The third-order valence-corrected chi connectivity index (χ3v) is 3.59. The maximum atomic E-state index is 12.1. The Balaban J connectivity index is 1.63. The molecule has 0 spiro atoms. The average Bonchev–Trinajstić information content (AvgIpc) is 3.03. The van der Waals surface area contributed by atoms with Gasteiger partial charge in [0, 0.05) is 18.7 Å². The van der Waals surface area contributed by atoms with Gasteiger partial charge in [-0.2, -0.15) is 0 Å². The molecule has 3 rings (SSSR count). The number of fused-ring (bicyclic) bond motifs is 1. The lowest BCUT2D eigenvalue weighted by Crippen LogP contribution is -2.30. The monoisotopic (exact) mass is 286 g/mol. The average molecular weight is 286 g/mol. The van der Waals surface area contributed by atoms with Gasteiger partial charge in [0.15, 0.2) is 5.82 Å². The summed E-state index contributed by atoms with van der Waals surface area (Å²) in [5.41, 5.74) is 6.86. The largest absolute Gasteiger partial charge is 0.397 e. The molecule has 0 fully saturated rings. The minimum Gasteiger partial charge on any atom is -0.397 e. The van der Waals surface area contributed by atoms with Gasteiger partial charge in [0.05, 0.1) is 24.3 Å². The van der Waals surface area contributed by atoms with E-state index in [-0.39, 0.29) is 18.4 Å². The van der Waals surface area contributed by atoms with Gasteiger partial charge in [-0.3, -0.25) is 9.78 Å². The molecule has 1 amide bonds. The molecule has 3 heterocycles. The Morgan fingerprint density at radius 1 is 1.48 bits per heavy atom. The number of hydrogen-bond donors (Lipinski definition) is 2. The van der Waals surface area contributed by atoms with E-state index in [1.807, 2.05) is 6.92 Å². The summed E-state index contributed by atoms with van der Waals surface area (Å²) >= 11 is 0. The van der Waals surface area contributed by atoms with E-state index in [0.717, 1.165) is 31.0 Å². The summed E-state index contributed by atoms with van der Waals surface area (Å²) in [5.74, 6) is 1.74.